The molecule has 0 aliphatic heterocycles. The van der Waals surface area contributed by atoms with Gasteiger partial charge < -0.3 is 9.90 Å². The first-order chi connectivity index (χ1) is 7.94. The maximum atomic E-state index is 11.2. The first kappa shape index (κ1) is 12.2. The molecule has 0 saturated heterocycles. The second-order valence-corrected chi connectivity index (χ2v) is 5.73. The Kier molecular flexibility index (Phi) is 2.98. The van der Waals surface area contributed by atoms with E-state index in [4.69, 9.17) is 0 Å². The number of aliphatic carboxylic acids is 1. The van der Waals surface area contributed by atoms with E-state index in [-0.39, 0.29) is 11.3 Å². The van der Waals surface area contributed by atoms with Crippen molar-refractivity contribution in [1.29, 1.82) is 0 Å². The van der Waals surface area contributed by atoms with E-state index in [1.807, 2.05) is 32.0 Å². The summed E-state index contributed by atoms with van der Waals surface area (Å²) in [5, 5.41) is 11.2. The number of carbonyl (C=O) groups is 1. The number of carboxylic acids is 1. The van der Waals surface area contributed by atoms with Gasteiger partial charge in [-0.1, -0.05) is 51.1 Å². The quantitative estimate of drug-likeness (QED) is 0.783. The number of carboxylic acid groups (broad SMARTS) is 1. The number of rotatable bonds is 2. The SMILES string of the molecule is C[C@H]1[C@@H](c2ccccc2)C[C@H](C(=O)[O-])C1(C)C. The number of carbonyl (C=O) groups excluding carboxylic acids is 1. The minimum atomic E-state index is -0.903. The van der Waals surface area contributed by atoms with Crippen LogP contribution < -0.4 is 5.11 Å². The Labute approximate surface area is 103 Å². The standard InChI is InChI=1S/C15H20O2/c1-10-12(11-7-5-4-6-8-11)9-13(14(16)17)15(10,2)3/h4-8,10,12-13H,9H2,1-3H3,(H,16,17)/p-1/t10-,12-,13+/m0/s1. The van der Waals surface area contributed by atoms with Crippen molar-refractivity contribution in [1.82, 2.24) is 0 Å². The van der Waals surface area contributed by atoms with Crippen LogP contribution in [0, 0.1) is 17.3 Å². The van der Waals surface area contributed by atoms with Crippen molar-refractivity contribution in [3.8, 4) is 0 Å². The molecular weight excluding hydrogens is 212 g/mol. The molecule has 1 aromatic rings. The molecule has 0 heterocycles. The fourth-order valence-corrected chi connectivity index (χ4v) is 3.12. The van der Waals surface area contributed by atoms with Crippen molar-refractivity contribution in [2.75, 3.05) is 0 Å². The van der Waals surface area contributed by atoms with Gasteiger partial charge in [0.2, 0.25) is 0 Å². The predicted octanol–water partition coefficient (Wildman–Crippen LogP) is 2.20. The molecule has 0 radical (unpaired) electrons. The summed E-state index contributed by atoms with van der Waals surface area (Å²) < 4.78 is 0. The van der Waals surface area contributed by atoms with Gasteiger partial charge in [0.1, 0.15) is 0 Å². The molecule has 0 amide bonds. The monoisotopic (exact) mass is 231 g/mol. The van der Waals surface area contributed by atoms with Crippen LogP contribution in [0.2, 0.25) is 0 Å². The molecule has 1 fully saturated rings. The van der Waals surface area contributed by atoms with Crippen molar-refractivity contribution in [2.24, 2.45) is 17.3 Å². The van der Waals surface area contributed by atoms with E-state index in [2.05, 4.69) is 19.1 Å². The highest BCUT2D eigenvalue weighted by Crippen LogP contribution is 2.54. The zero-order valence-electron chi connectivity index (χ0n) is 10.6. The summed E-state index contributed by atoms with van der Waals surface area (Å²) >= 11 is 0. The lowest BCUT2D eigenvalue weighted by Gasteiger charge is -2.32. The van der Waals surface area contributed by atoms with Crippen LogP contribution in [0.25, 0.3) is 0 Å². The summed E-state index contributed by atoms with van der Waals surface area (Å²) in [7, 11) is 0. The molecule has 92 valence electrons. The summed E-state index contributed by atoms with van der Waals surface area (Å²) in [5.74, 6) is -0.565. The maximum absolute atomic E-state index is 11.2. The Hall–Kier alpha value is -1.31. The van der Waals surface area contributed by atoms with Gasteiger partial charge in [0, 0.05) is 11.9 Å². The summed E-state index contributed by atoms with van der Waals surface area (Å²) in [6, 6.07) is 10.2. The molecule has 1 aliphatic rings. The lowest BCUT2D eigenvalue weighted by atomic mass is 9.74. The van der Waals surface area contributed by atoms with Crippen LogP contribution in [0.5, 0.6) is 0 Å². The van der Waals surface area contributed by atoms with Crippen LogP contribution in [0.4, 0.5) is 0 Å². The average molecular weight is 231 g/mol. The molecule has 2 heteroatoms. The third kappa shape index (κ3) is 1.97. The molecule has 0 bridgehead atoms. The van der Waals surface area contributed by atoms with Gasteiger partial charge in [-0.15, -0.1) is 0 Å². The van der Waals surface area contributed by atoms with E-state index < -0.39 is 5.97 Å². The minimum absolute atomic E-state index is 0.195. The molecule has 1 saturated carbocycles. The van der Waals surface area contributed by atoms with Gasteiger partial charge >= 0.3 is 0 Å². The number of hydrogen-bond donors (Lipinski definition) is 0. The maximum Gasteiger partial charge on any atom is 0.0450 e. The predicted molar refractivity (Wildman–Crippen MR) is 65.2 cm³/mol. The average Bonchev–Trinajstić information content (AvgIpc) is 2.52. The normalized spacial score (nSPS) is 31.4. The second-order valence-electron chi connectivity index (χ2n) is 5.73. The summed E-state index contributed by atoms with van der Waals surface area (Å²) in [4.78, 5) is 11.2. The van der Waals surface area contributed by atoms with Crippen LogP contribution in [0.15, 0.2) is 30.3 Å². The minimum Gasteiger partial charge on any atom is -0.550 e. The molecule has 2 nitrogen and oxygen atoms in total. The van der Waals surface area contributed by atoms with Crippen molar-refractivity contribution < 1.29 is 9.90 Å². The van der Waals surface area contributed by atoms with Gasteiger partial charge in [-0.2, -0.15) is 0 Å². The highest BCUT2D eigenvalue weighted by molar-refractivity contribution is 5.69. The summed E-state index contributed by atoms with van der Waals surface area (Å²) in [5.41, 5.74) is 1.05. The van der Waals surface area contributed by atoms with E-state index in [1.165, 1.54) is 5.56 Å². The van der Waals surface area contributed by atoms with E-state index in [9.17, 15) is 9.90 Å². The third-order valence-corrected chi connectivity index (χ3v) is 4.68. The van der Waals surface area contributed by atoms with E-state index in [0.29, 0.717) is 18.3 Å². The van der Waals surface area contributed by atoms with Gasteiger partial charge in [0.05, 0.1) is 0 Å². The Morgan fingerprint density at radius 1 is 1.29 bits per heavy atom. The van der Waals surface area contributed by atoms with Crippen LogP contribution in [0.3, 0.4) is 0 Å². The zero-order chi connectivity index (χ0) is 12.6. The van der Waals surface area contributed by atoms with E-state index in [1.54, 1.807) is 0 Å². The first-order valence-corrected chi connectivity index (χ1v) is 6.20. The summed E-state index contributed by atoms with van der Waals surface area (Å²) in [6.07, 6.45) is 0.695. The fourth-order valence-electron chi connectivity index (χ4n) is 3.12. The first-order valence-electron chi connectivity index (χ1n) is 6.20. The molecular formula is C15H19O2-. The van der Waals surface area contributed by atoms with Gasteiger partial charge in [-0.25, -0.2) is 0 Å². The van der Waals surface area contributed by atoms with Crippen molar-refractivity contribution in [2.45, 2.75) is 33.1 Å². The lowest BCUT2D eigenvalue weighted by molar-refractivity contribution is -0.314. The van der Waals surface area contributed by atoms with E-state index >= 15 is 0 Å². The molecule has 3 atom stereocenters. The molecule has 0 spiro atoms. The highest BCUT2D eigenvalue weighted by atomic mass is 16.4. The van der Waals surface area contributed by atoms with Crippen LogP contribution >= 0.6 is 0 Å². The molecule has 17 heavy (non-hydrogen) atoms. The molecule has 1 aliphatic carbocycles. The largest absolute Gasteiger partial charge is 0.550 e. The van der Waals surface area contributed by atoms with Crippen LogP contribution in [-0.2, 0) is 4.79 Å². The van der Waals surface area contributed by atoms with Crippen molar-refractivity contribution in [3.05, 3.63) is 35.9 Å². The van der Waals surface area contributed by atoms with E-state index in [0.717, 1.165) is 0 Å². The third-order valence-electron chi connectivity index (χ3n) is 4.68. The lowest BCUT2D eigenvalue weighted by Crippen LogP contribution is -2.38. The molecule has 1 aromatic carbocycles. The van der Waals surface area contributed by atoms with Gasteiger partial charge in [-0.05, 0) is 29.2 Å². The highest BCUT2D eigenvalue weighted by Gasteiger charge is 2.47. The second kappa shape index (κ2) is 4.17. The van der Waals surface area contributed by atoms with Crippen molar-refractivity contribution >= 4 is 5.97 Å². The molecule has 0 aromatic heterocycles. The molecule has 0 unspecified atom stereocenters. The Morgan fingerprint density at radius 2 is 1.88 bits per heavy atom. The fraction of sp³-hybridized carbons (Fsp3) is 0.533. The van der Waals surface area contributed by atoms with Crippen LogP contribution in [-0.4, -0.2) is 5.97 Å². The smallest absolute Gasteiger partial charge is 0.0450 e. The topological polar surface area (TPSA) is 40.1 Å². The van der Waals surface area contributed by atoms with Gasteiger partial charge in [0.25, 0.3) is 0 Å². The zero-order valence-corrected chi connectivity index (χ0v) is 10.6. The Morgan fingerprint density at radius 3 is 2.35 bits per heavy atom. The van der Waals surface area contributed by atoms with Gasteiger partial charge in [0.15, 0.2) is 0 Å². The summed E-state index contributed by atoms with van der Waals surface area (Å²) in [6.45, 7) is 6.24. The Balaban J connectivity index is 2.32. The number of benzene rings is 1. The van der Waals surface area contributed by atoms with Crippen LogP contribution in [0.1, 0.15) is 38.7 Å². The molecule has 0 N–H and O–H groups in total. The molecule has 2 rings (SSSR count). The van der Waals surface area contributed by atoms with Gasteiger partial charge in [-0.3, -0.25) is 0 Å². The Bertz CT molecular complexity index is 408. The number of hydrogen-bond acceptors (Lipinski definition) is 2. The van der Waals surface area contributed by atoms with Crippen molar-refractivity contribution in [3.63, 3.8) is 0 Å².